The molecule has 0 aliphatic rings. The van der Waals surface area contributed by atoms with Gasteiger partial charge in [-0.05, 0) is 43.2 Å². The molecule has 19 heavy (non-hydrogen) atoms. The molecule has 0 aliphatic carbocycles. The molecule has 0 heterocycles. The maximum Gasteiger partial charge on any atom is 0.0172 e. The Morgan fingerprint density at radius 2 is 1.84 bits per heavy atom. The van der Waals surface area contributed by atoms with Gasteiger partial charge < -0.3 is 4.90 Å². The highest BCUT2D eigenvalue weighted by Gasteiger charge is 2.01. The van der Waals surface area contributed by atoms with E-state index in [1.54, 1.807) is 0 Å². The van der Waals surface area contributed by atoms with Gasteiger partial charge in [0.2, 0.25) is 0 Å². The molecule has 1 aromatic rings. The van der Waals surface area contributed by atoms with Gasteiger partial charge in [0.15, 0.2) is 0 Å². The number of nitrogens with zero attached hydrogens (tertiary/aromatic N) is 1. The average Bonchev–Trinajstić information content (AvgIpc) is 2.39. The van der Waals surface area contributed by atoms with E-state index < -0.39 is 0 Å². The third kappa shape index (κ3) is 4.94. The largest absolute Gasteiger partial charge is 0.375 e. The minimum absolute atomic E-state index is 1.09. The molecule has 1 heteroatoms. The van der Waals surface area contributed by atoms with Crippen LogP contribution < -0.4 is 10.4 Å². The Morgan fingerprint density at radius 3 is 2.42 bits per heavy atom. The van der Waals surface area contributed by atoms with E-state index in [1.807, 2.05) is 0 Å². The maximum atomic E-state index is 4.08. The summed E-state index contributed by atoms with van der Waals surface area (Å²) in [5.41, 5.74) is 2.62. The van der Waals surface area contributed by atoms with Crippen LogP contribution in [0.15, 0.2) is 30.0 Å². The number of hydrogen-bond donors (Lipinski definition) is 0. The standard InChI is InChI=1S/C18H27N/c1-6-12-19(13-7-2)17(5)10-11-18-14-15(3)8-9-16(18)4/h8-11,14H,4,6-7,12-13H2,1-3,5H3/b17-10+,18-11-. The highest BCUT2D eigenvalue weighted by molar-refractivity contribution is 5.40. The second kappa shape index (κ2) is 7.83. The maximum absolute atomic E-state index is 4.08. The van der Waals surface area contributed by atoms with Crippen LogP contribution >= 0.6 is 0 Å². The van der Waals surface area contributed by atoms with Gasteiger partial charge >= 0.3 is 0 Å². The Morgan fingerprint density at radius 1 is 1.21 bits per heavy atom. The summed E-state index contributed by atoms with van der Waals surface area (Å²) < 4.78 is 0. The minimum Gasteiger partial charge on any atom is -0.375 e. The Bertz CT molecular complexity index is 519. The summed E-state index contributed by atoms with van der Waals surface area (Å²) in [6, 6.07) is 6.38. The molecule has 0 spiro atoms. The lowest BCUT2D eigenvalue weighted by Gasteiger charge is -2.24. The monoisotopic (exact) mass is 257 g/mol. The molecule has 0 unspecified atom stereocenters. The lowest BCUT2D eigenvalue weighted by Crippen LogP contribution is -2.24. The molecule has 1 rings (SSSR count). The zero-order valence-electron chi connectivity index (χ0n) is 12.9. The van der Waals surface area contributed by atoms with Gasteiger partial charge in [-0.15, -0.1) is 0 Å². The summed E-state index contributed by atoms with van der Waals surface area (Å²) in [7, 11) is 0. The molecule has 0 amide bonds. The molecule has 0 radical (unpaired) electrons. The highest BCUT2D eigenvalue weighted by atomic mass is 15.1. The smallest absolute Gasteiger partial charge is 0.0172 e. The van der Waals surface area contributed by atoms with Gasteiger partial charge in [0.25, 0.3) is 0 Å². The number of hydrogen-bond acceptors (Lipinski definition) is 1. The summed E-state index contributed by atoms with van der Waals surface area (Å²) in [5, 5.41) is 2.31. The van der Waals surface area contributed by atoms with Crippen LogP contribution in [0.25, 0.3) is 12.7 Å². The zero-order chi connectivity index (χ0) is 14.3. The second-order valence-electron chi connectivity index (χ2n) is 5.16. The second-order valence-corrected chi connectivity index (χ2v) is 5.16. The van der Waals surface area contributed by atoms with Crippen molar-refractivity contribution < 1.29 is 0 Å². The van der Waals surface area contributed by atoms with E-state index in [1.165, 1.54) is 29.3 Å². The van der Waals surface area contributed by atoms with Gasteiger partial charge in [-0.1, -0.05) is 50.3 Å². The first-order valence-corrected chi connectivity index (χ1v) is 7.27. The fourth-order valence-electron chi connectivity index (χ4n) is 2.19. The molecular weight excluding hydrogens is 230 g/mol. The van der Waals surface area contributed by atoms with Gasteiger partial charge in [0.05, 0.1) is 0 Å². The van der Waals surface area contributed by atoms with Gasteiger partial charge in [0, 0.05) is 18.8 Å². The fourth-order valence-corrected chi connectivity index (χ4v) is 2.19. The summed E-state index contributed by atoms with van der Waals surface area (Å²) >= 11 is 0. The van der Waals surface area contributed by atoms with Crippen molar-refractivity contribution in [2.75, 3.05) is 13.1 Å². The molecule has 0 saturated carbocycles. The Kier molecular flexibility index (Phi) is 6.41. The van der Waals surface area contributed by atoms with E-state index in [-0.39, 0.29) is 0 Å². The normalized spacial score (nSPS) is 12.8. The quantitative estimate of drug-likeness (QED) is 0.756. The van der Waals surface area contributed by atoms with Crippen LogP contribution in [0.4, 0.5) is 0 Å². The van der Waals surface area contributed by atoms with Crippen LogP contribution in [0.3, 0.4) is 0 Å². The van der Waals surface area contributed by atoms with Crippen molar-refractivity contribution in [3.8, 4) is 0 Å². The predicted octanol–water partition coefficient (Wildman–Crippen LogP) is 3.21. The van der Waals surface area contributed by atoms with E-state index >= 15 is 0 Å². The van der Waals surface area contributed by atoms with Crippen molar-refractivity contribution in [1.82, 2.24) is 4.90 Å². The van der Waals surface area contributed by atoms with Crippen LogP contribution in [-0.4, -0.2) is 18.0 Å². The lowest BCUT2D eigenvalue weighted by molar-refractivity contribution is 0.345. The van der Waals surface area contributed by atoms with Crippen molar-refractivity contribution in [3.05, 3.63) is 46.0 Å². The highest BCUT2D eigenvalue weighted by Crippen LogP contribution is 2.05. The Labute approximate surface area is 118 Å². The molecule has 104 valence electrons. The van der Waals surface area contributed by atoms with Gasteiger partial charge in [-0.2, -0.15) is 0 Å². The molecule has 0 N–H and O–H groups in total. The third-order valence-electron chi connectivity index (χ3n) is 3.29. The summed E-state index contributed by atoms with van der Waals surface area (Å²) in [4.78, 5) is 2.45. The number of benzene rings is 1. The molecule has 0 fully saturated rings. The molecule has 1 nitrogen and oxygen atoms in total. The molecule has 0 aromatic heterocycles. The molecule has 1 aromatic carbocycles. The van der Waals surface area contributed by atoms with Crippen LogP contribution in [-0.2, 0) is 0 Å². The first-order chi connectivity index (χ1) is 9.08. The van der Waals surface area contributed by atoms with Crippen LogP contribution in [0.1, 0.15) is 39.2 Å². The number of allylic oxidation sites excluding steroid dienone is 2. The Balaban J connectivity index is 3.00. The SMILES string of the molecule is C=c1ccc(C)c/c1=C/C=C(\C)N(CCC)CCC. The number of rotatable bonds is 6. The van der Waals surface area contributed by atoms with Crippen molar-refractivity contribution in [2.45, 2.75) is 40.5 Å². The zero-order valence-corrected chi connectivity index (χ0v) is 12.9. The third-order valence-corrected chi connectivity index (χ3v) is 3.29. The van der Waals surface area contributed by atoms with Gasteiger partial charge in [-0.25, -0.2) is 0 Å². The minimum atomic E-state index is 1.09. The van der Waals surface area contributed by atoms with Crippen molar-refractivity contribution in [2.24, 2.45) is 0 Å². The van der Waals surface area contributed by atoms with Gasteiger partial charge in [-0.3, -0.25) is 0 Å². The Hall–Kier alpha value is -1.50. The average molecular weight is 257 g/mol. The van der Waals surface area contributed by atoms with Crippen molar-refractivity contribution in [1.29, 1.82) is 0 Å². The topological polar surface area (TPSA) is 3.24 Å². The molecule has 0 aliphatic heterocycles. The summed E-state index contributed by atoms with van der Waals surface area (Å²) in [6.45, 7) is 15.1. The van der Waals surface area contributed by atoms with E-state index in [9.17, 15) is 0 Å². The first kappa shape index (κ1) is 15.6. The van der Waals surface area contributed by atoms with Gasteiger partial charge in [0.1, 0.15) is 0 Å². The summed E-state index contributed by atoms with van der Waals surface area (Å²) in [6.07, 6.45) is 6.78. The predicted molar refractivity (Wildman–Crippen MR) is 86.3 cm³/mol. The fraction of sp³-hybridized carbons (Fsp3) is 0.444. The first-order valence-electron chi connectivity index (χ1n) is 7.27. The van der Waals surface area contributed by atoms with E-state index in [0.29, 0.717) is 0 Å². The lowest BCUT2D eigenvalue weighted by atomic mass is 10.1. The molecular formula is C18H27N. The van der Waals surface area contributed by atoms with Crippen LogP contribution in [0, 0.1) is 6.92 Å². The van der Waals surface area contributed by atoms with E-state index in [0.717, 1.165) is 18.3 Å². The van der Waals surface area contributed by atoms with Crippen molar-refractivity contribution in [3.63, 3.8) is 0 Å². The van der Waals surface area contributed by atoms with E-state index in [2.05, 4.69) is 69.5 Å². The molecule has 0 bridgehead atoms. The molecule has 0 atom stereocenters. The number of aryl methyl sites for hydroxylation is 1. The van der Waals surface area contributed by atoms with Crippen LogP contribution in [0.5, 0.6) is 0 Å². The van der Waals surface area contributed by atoms with E-state index in [4.69, 9.17) is 0 Å². The van der Waals surface area contributed by atoms with Crippen LogP contribution in [0.2, 0.25) is 0 Å². The van der Waals surface area contributed by atoms with Crippen molar-refractivity contribution >= 4 is 12.7 Å². The summed E-state index contributed by atoms with van der Waals surface area (Å²) in [5.74, 6) is 0. The molecule has 0 saturated heterocycles.